The van der Waals surface area contributed by atoms with Crippen LogP contribution in [0, 0.1) is 6.92 Å². The molecule has 2 aliphatic rings. The third-order valence-electron chi connectivity index (χ3n) is 4.43. The molecule has 0 spiro atoms. The molecule has 0 aromatic carbocycles. The highest BCUT2D eigenvalue weighted by Crippen LogP contribution is 2.21. The largest absolute Gasteiger partial charge is 0.373 e. The molecule has 1 unspecified atom stereocenters. The summed E-state index contributed by atoms with van der Waals surface area (Å²) in [5.74, 6) is 1.86. The maximum atomic E-state index is 4.56. The van der Waals surface area contributed by atoms with Crippen LogP contribution in [-0.2, 0) is 6.54 Å². The van der Waals surface area contributed by atoms with Gasteiger partial charge in [-0.15, -0.1) is 0 Å². The molecule has 0 radical (unpaired) electrons. The van der Waals surface area contributed by atoms with Gasteiger partial charge in [0.15, 0.2) is 0 Å². The van der Waals surface area contributed by atoms with E-state index in [-0.39, 0.29) is 0 Å². The molecule has 0 aliphatic carbocycles. The zero-order valence-corrected chi connectivity index (χ0v) is 12.6. The van der Waals surface area contributed by atoms with Crippen LogP contribution in [0.15, 0.2) is 6.07 Å². The Hall–Kier alpha value is -1.20. The Labute approximate surface area is 121 Å². The highest BCUT2D eigenvalue weighted by atomic mass is 15.3. The van der Waals surface area contributed by atoms with Gasteiger partial charge < -0.3 is 5.32 Å². The second-order valence-corrected chi connectivity index (χ2v) is 5.98. The minimum absolute atomic E-state index is 0.756. The van der Waals surface area contributed by atoms with Crippen molar-refractivity contribution in [3.8, 4) is 0 Å². The van der Waals surface area contributed by atoms with Gasteiger partial charge in [0.2, 0.25) is 0 Å². The summed E-state index contributed by atoms with van der Waals surface area (Å²) in [6, 6.07) is 2.74. The number of likely N-dealkylation sites (tertiary alicyclic amines) is 2. The Balaban J connectivity index is 1.60. The van der Waals surface area contributed by atoms with Crippen molar-refractivity contribution in [2.45, 2.75) is 38.8 Å². The topological polar surface area (TPSA) is 44.3 Å². The van der Waals surface area contributed by atoms with Crippen molar-refractivity contribution in [2.24, 2.45) is 0 Å². The molecule has 5 nitrogen and oxygen atoms in total. The second kappa shape index (κ2) is 6.06. The minimum Gasteiger partial charge on any atom is -0.373 e. The zero-order chi connectivity index (χ0) is 13.9. The SMILES string of the molecule is CNc1cc(C)nc(CN2CCC(N3CCCC3)C2)n1. The van der Waals surface area contributed by atoms with Gasteiger partial charge in [0.05, 0.1) is 6.54 Å². The summed E-state index contributed by atoms with van der Waals surface area (Å²) in [6.07, 6.45) is 4.05. The normalized spacial score (nSPS) is 24.4. The van der Waals surface area contributed by atoms with Crippen molar-refractivity contribution in [3.63, 3.8) is 0 Å². The molecule has 1 aromatic heterocycles. The van der Waals surface area contributed by atoms with Crippen LogP contribution < -0.4 is 5.32 Å². The first-order valence-corrected chi connectivity index (χ1v) is 7.73. The fourth-order valence-electron chi connectivity index (χ4n) is 3.39. The lowest BCUT2D eigenvalue weighted by Crippen LogP contribution is -2.35. The number of rotatable bonds is 4. The molecule has 2 fully saturated rings. The third-order valence-corrected chi connectivity index (χ3v) is 4.43. The van der Waals surface area contributed by atoms with Crippen LogP contribution in [0.3, 0.4) is 0 Å². The van der Waals surface area contributed by atoms with E-state index in [0.29, 0.717) is 0 Å². The number of anilines is 1. The number of aryl methyl sites for hydroxylation is 1. The molecule has 1 aromatic rings. The molecule has 3 rings (SSSR count). The summed E-state index contributed by atoms with van der Waals surface area (Å²) in [5.41, 5.74) is 1.04. The fourth-order valence-corrected chi connectivity index (χ4v) is 3.39. The van der Waals surface area contributed by atoms with E-state index in [2.05, 4.69) is 25.1 Å². The first kappa shape index (κ1) is 13.8. The number of hydrogen-bond acceptors (Lipinski definition) is 5. The van der Waals surface area contributed by atoms with Gasteiger partial charge in [-0.2, -0.15) is 0 Å². The van der Waals surface area contributed by atoms with Crippen LogP contribution in [0.1, 0.15) is 30.8 Å². The van der Waals surface area contributed by atoms with Gasteiger partial charge in [0.25, 0.3) is 0 Å². The van der Waals surface area contributed by atoms with Gasteiger partial charge in [-0.25, -0.2) is 9.97 Å². The molecule has 1 atom stereocenters. The van der Waals surface area contributed by atoms with Crippen molar-refractivity contribution >= 4 is 5.82 Å². The van der Waals surface area contributed by atoms with E-state index >= 15 is 0 Å². The fraction of sp³-hybridized carbons (Fsp3) is 0.733. The van der Waals surface area contributed by atoms with E-state index in [4.69, 9.17) is 0 Å². The average Bonchev–Trinajstić information content (AvgIpc) is 3.08. The molecule has 0 amide bonds. The molecular formula is C15H25N5. The van der Waals surface area contributed by atoms with Crippen molar-refractivity contribution in [1.82, 2.24) is 19.8 Å². The van der Waals surface area contributed by atoms with Crippen LogP contribution in [0.4, 0.5) is 5.82 Å². The van der Waals surface area contributed by atoms with E-state index in [9.17, 15) is 0 Å². The Kier molecular flexibility index (Phi) is 4.17. The molecule has 5 heteroatoms. The zero-order valence-electron chi connectivity index (χ0n) is 12.6. The van der Waals surface area contributed by atoms with E-state index in [1.54, 1.807) is 0 Å². The lowest BCUT2D eigenvalue weighted by Gasteiger charge is -2.23. The smallest absolute Gasteiger partial charge is 0.144 e. The number of aromatic nitrogens is 2. The van der Waals surface area contributed by atoms with Crippen LogP contribution in [0.5, 0.6) is 0 Å². The van der Waals surface area contributed by atoms with Gasteiger partial charge >= 0.3 is 0 Å². The molecular weight excluding hydrogens is 250 g/mol. The van der Waals surface area contributed by atoms with E-state index < -0.39 is 0 Å². The summed E-state index contributed by atoms with van der Waals surface area (Å²) in [5, 5.41) is 3.11. The first-order valence-electron chi connectivity index (χ1n) is 7.73. The Bertz CT molecular complexity index is 456. The van der Waals surface area contributed by atoms with E-state index in [1.165, 1.54) is 45.4 Å². The predicted molar refractivity (Wildman–Crippen MR) is 80.8 cm³/mol. The van der Waals surface area contributed by atoms with Crippen LogP contribution in [0.2, 0.25) is 0 Å². The number of nitrogens with zero attached hydrogens (tertiary/aromatic N) is 4. The summed E-state index contributed by atoms with van der Waals surface area (Å²) in [7, 11) is 1.91. The molecule has 110 valence electrons. The standard InChI is InChI=1S/C15H25N5/c1-12-9-14(16-2)18-15(17-12)11-19-8-5-13(10-19)20-6-3-4-7-20/h9,13H,3-8,10-11H2,1-2H3,(H,16,17,18). The molecule has 3 heterocycles. The highest BCUT2D eigenvalue weighted by molar-refractivity contribution is 5.34. The molecule has 1 N–H and O–H groups in total. The van der Waals surface area contributed by atoms with Crippen LogP contribution in [-0.4, -0.2) is 59.0 Å². The lowest BCUT2D eigenvalue weighted by molar-refractivity contribution is 0.228. The quantitative estimate of drug-likeness (QED) is 0.902. The predicted octanol–water partition coefficient (Wildman–Crippen LogP) is 1.50. The minimum atomic E-state index is 0.756. The van der Waals surface area contributed by atoms with Crippen molar-refractivity contribution in [1.29, 1.82) is 0 Å². The average molecular weight is 275 g/mol. The van der Waals surface area contributed by atoms with Gasteiger partial charge in [0, 0.05) is 37.9 Å². The third kappa shape index (κ3) is 3.10. The molecule has 20 heavy (non-hydrogen) atoms. The Morgan fingerprint density at radius 3 is 2.80 bits per heavy atom. The maximum absolute atomic E-state index is 4.56. The monoisotopic (exact) mass is 275 g/mol. The first-order chi connectivity index (χ1) is 9.74. The Morgan fingerprint density at radius 1 is 1.25 bits per heavy atom. The summed E-state index contributed by atoms with van der Waals surface area (Å²) in [4.78, 5) is 14.3. The molecule has 2 saturated heterocycles. The summed E-state index contributed by atoms with van der Waals surface area (Å²) >= 11 is 0. The van der Waals surface area contributed by atoms with Crippen molar-refractivity contribution in [3.05, 3.63) is 17.6 Å². The van der Waals surface area contributed by atoms with Gasteiger partial charge in [0.1, 0.15) is 11.6 Å². The van der Waals surface area contributed by atoms with Gasteiger partial charge in [-0.1, -0.05) is 0 Å². The second-order valence-electron chi connectivity index (χ2n) is 5.98. The van der Waals surface area contributed by atoms with Gasteiger partial charge in [-0.05, 0) is 39.3 Å². The molecule has 2 aliphatic heterocycles. The Morgan fingerprint density at radius 2 is 2.05 bits per heavy atom. The molecule has 0 bridgehead atoms. The van der Waals surface area contributed by atoms with Crippen molar-refractivity contribution < 1.29 is 0 Å². The van der Waals surface area contributed by atoms with Crippen LogP contribution in [0.25, 0.3) is 0 Å². The lowest BCUT2D eigenvalue weighted by atomic mass is 10.2. The highest BCUT2D eigenvalue weighted by Gasteiger charge is 2.29. The van der Waals surface area contributed by atoms with E-state index in [0.717, 1.165) is 29.9 Å². The van der Waals surface area contributed by atoms with Gasteiger partial charge in [-0.3, -0.25) is 9.80 Å². The van der Waals surface area contributed by atoms with Crippen molar-refractivity contribution in [2.75, 3.05) is 38.5 Å². The summed E-state index contributed by atoms with van der Waals surface area (Å²) in [6.45, 7) is 7.84. The molecule has 0 saturated carbocycles. The summed E-state index contributed by atoms with van der Waals surface area (Å²) < 4.78 is 0. The van der Waals surface area contributed by atoms with E-state index in [1.807, 2.05) is 20.0 Å². The number of nitrogens with one attached hydrogen (secondary N) is 1. The number of hydrogen-bond donors (Lipinski definition) is 1. The van der Waals surface area contributed by atoms with Crippen LogP contribution >= 0.6 is 0 Å². The maximum Gasteiger partial charge on any atom is 0.144 e.